The molecule has 0 radical (unpaired) electrons. The summed E-state index contributed by atoms with van der Waals surface area (Å²) in [5, 5.41) is 12.1. The number of benzene rings is 1. The maximum Gasteiger partial charge on any atom is 0.243 e. The van der Waals surface area contributed by atoms with Crippen LogP contribution in [0.3, 0.4) is 0 Å². The molecule has 5 heteroatoms. The fourth-order valence-corrected chi connectivity index (χ4v) is 2.49. The summed E-state index contributed by atoms with van der Waals surface area (Å²) < 4.78 is 0. The Morgan fingerprint density at radius 3 is 2.85 bits per heavy atom. The molecule has 1 aromatic carbocycles. The fraction of sp³-hybridized carbons (Fsp3) is 0.467. The van der Waals surface area contributed by atoms with Gasteiger partial charge < -0.3 is 15.3 Å². The monoisotopic (exact) mass is 276 g/mol. The highest BCUT2D eigenvalue weighted by molar-refractivity contribution is 5.95. The van der Waals surface area contributed by atoms with Gasteiger partial charge in [-0.05, 0) is 23.6 Å². The molecule has 1 fully saturated rings. The molecule has 20 heavy (non-hydrogen) atoms. The Labute approximate surface area is 118 Å². The fourth-order valence-electron chi connectivity index (χ4n) is 2.49. The van der Waals surface area contributed by atoms with Crippen molar-refractivity contribution >= 4 is 11.8 Å². The third-order valence-electron chi connectivity index (χ3n) is 3.79. The summed E-state index contributed by atoms with van der Waals surface area (Å²) in [4.78, 5) is 25.8. The normalized spacial score (nSPS) is 20.7. The van der Waals surface area contributed by atoms with E-state index in [0.29, 0.717) is 6.54 Å². The number of carbonyl (C=O) groups excluding carboxylic acids is 2. The first-order valence-corrected chi connectivity index (χ1v) is 6.88. The van der Waals surface area contributed by atoms with Gasteiger partial charge in [0.2, 0.25) is 11.8 Å². The van der Waals surface area contributed by atoms with E-state index in [1.54, 1.807) is 23.1 Å². The summed E-state index contributed by atoms with van der Waals surface area (Å²) in [7, 11) is 0. The van der Waals surface area contributed by atoms with Gasteiger partial charge in [-0.15, -0.1) is 0 Å². The van der Waals surface area contributed by atoms with E-state index in [9.17, 15) is 14.7 Å². The number of phenolic OH excluding ortho intramolecular Hbond substituents is 1. The van der Waals surface area contributed by atoms with Crippen LogP contribution < -0.4 is 5.32 Å². The Bertz CT molecular complexity index is 516. The Morgan fingerprint density at radius 2 is 2.20 bits per heavy atom. The van der Waals surface area contributed by atoms with Crippen LogP contribution in [-0.4, -0.2) is 34.4 Å². The first kappa shape index (κ1) is 14.4. The molecule has 0 aliphatic carbocycles. The van der Waals surface area contributed by atoms with Crippen LogP contribution in [-0.2, 0) is 16.1 Å². The van der Waals surface area contributed by atoms with Crippen LogP contribution >= 0.6 is 0 Å². The molecule has 0 aromatic heterocycles. The number of phenols is 1. The topological polar surface area (TPSA) is 69.6 Å². The van der Waals surface area contributed by atoms with Crippen molar-refractivity contribution < 1.29 is 14.7 Å². The summed E-state index contributed by atoms with van der Waals surface area (Å²) in [6.07, 6.45) is 0.821. The van der Waals surface area contributed by atoms with E-state index in [1.165, 1.54) is 0 Å². The molecule has 108 valence electrons. The molecule has 1 heterocycles. The van der Waals surface area contributed by atoms with Crippen LogP contribution in [0.5, 0.6) is 5.75 Å². The second-order valence-electron chi connectivity index (χ2n) is 5.24. The first-order valence-electron chi connectivity index (χ1n) is 6.88. The maximum absolute atomic E-state index is 12.1. The molecule has 1 aromatic rings. The second-order valence-corrected chi connectivity index (χ2v) is 5.24. The lowest BCUT2D eigenvalue weighted by molar-refractivity contribution is -0.148. The lowest BCUT2D eigenvalue weighted by Gasteiger charge is -2.38. The Kier molecular flexibility index (Phi) is 4.27. The molecular formula is C15H20N2O3. The van der Waals surface area contributed by atoms with Gasteiger partial charge in [-0.2, -0.15) is 0 Å². The Balaban J connectivity index is 2.24. The van der Waals surface area contributed by atoms with Gasteiger partial charge in [0.25, 0.3) is 0 Å². The molecule has 2 atom stereocenters. The van der Waals surface area contributed by atoms with Crippen LogP contribution in [0, 0.1) is 5.92 Å². The van der Waals surface area contributed by atoms with E-state index < -0.39 is 6.04 Å². The van der Waals surface area contributed by atoms with Crippen LogP contribution in [0.2, 0.25) is 0 Å². The summed E-state index contributed by atoms with van der Waals surface area (Å²) >= 11 is 0. The summed E-state index contributed by atoms with van der Waals surface area (Å²) in [5.74, 6) is 0.0744. The van der Waals surface area contributed by atoms with Crippen molar-refractivity contribution in [2.45, 2.75) is 32.9 Å². The van der Waals surface area contributed by atoms with Crippen molar-refractivity contribution in [3.05, 3.63) is 29.8 Å². The van der Waals surface area contributed by atoms with Crippen LogP contribution in [0.1, 0.15) is 25.8 Å². The van der Waals surface area contributed by atoms with Crippen molar-refractivity contribution in [3.63, 3.8) is 0 Å². The van der Waals surface area contributed by atoms with E-state index in [1.807, 2.05) is 19.9 Å². The van der Waals surface area contributed by atoms with E-state index in [-0.39, 0.29) is 30.0 Å². The molecule has 5 nitrogen and oxygen atoms in total. The zero-order chi connectivity index (χ0) is 14.7. The van der Waals surface area contributed by atoms with Crippen LogP contribution in [0.25, 0.3) is 0 Å². The lowest BCUT2D eigenvalue weighted by Crippen LogP contribution is -2.60. The Hall–Kier alpha value is -2.04. The summed E-state index contributed by atoms with van der Waals surface area (Å²) in [5.41, 5.74) is 0.821. The quantitative estimate of drug-likeness (QED) is 0.870. The number of nitrogens with one attached hydrogen (secondary N) is 1. The average Bonchev–Trinajstić information content (AvgIpc) is 2.42. The molecule has 1 saturated heterocycles. The van der Waals surface area contributed by atoms with Crippen LogP contribution in [0.4, 0.5) is 0 Å². The van der Waals surface area contributed by atoms with E-state index in [2.05, 4.69) is 5.32 Å². The number of aromatic hydroxyl groups is 1. The van der Waals surface area contributed by atoms with Gasteiger partial charge in [-0.1, -0.05) is 32.4 Å². The highest BCUT2D eigenvalue weighted by Crippen LogP contribution is 2.21. The number of hydrogen-bond acceptors (Lipinski definition) is 3. The molecule has 2 N–H and O–H groups in total. The minimum absolute atomic E-state index is 0.0462. The number of rotatable bonds is 4. The molecule has 2 amide bonds. The molecule has 0 spiro atoms. The Morgan fingerprint density at radius 1 is 1.45 bits per heavy atom. The smallest absolute Gasteiger partial charge is 0.243 e. The first-order chi connectivity index (χ1) is 9.52. The number of amides is 2. The molecule has 1 aliphatic heterocycles. The van der Waals surface area contributed by atoms with Gasteiger partial charge in [-0.25, -0.2) is 0 Å². The SMILES string of the molecule is CCC(C)C1C(=O)NCC(=O)N1Cc1cccc(O)c1. The minimum Gasteiger partial charge on any atom is -0.508 e. The highest BCUT2D eigenvalue weighted by atomic mass is 16.3. The van der Waals surface area contributed by atoms with Gasteiger partial charge >= 0.3 is 0 Å². The molecular weight excluding hydrogens is 256 g/mol. The third-order valence-corrected chi connectivity index (χ3v) is 3.79. The zero-order valence-corrected chi connectivity index (χ0v) is 11.8. The predicted molar refractivity (Wildman–Crippen MR) is 74.9 cm³/mol. The lowest BCUT2D eigenvalue weighted by atomic mass is 9.94. The number of nitrogens with zero attached hydrogens (tertiary/aromatic N) is 1. The third kappa shape index (κ3) is 2.92. The van der Waals surface area contributed by atoms with E-state index >= 15 is 0 Å². The van der Waals surface area contributed by atoms with Gasteiger partial charge in [0.15, 0.2) is 0 Å². The number of hydrogen-bond donors (Lipinski definition) is 2. The van der Waals surface area contributed by atoms with Gasteiger partial charge in [0.1, 0.15) is 11.8 Å². The highest BCUT2D eigenvalue weighted by Gasteiger charge is 2.37. The van der Waals surface area contributed by atoms with Crippen molar-refractivity contribution in [2.24, 2.45) is 5.92 Å². The van der Waals surface area contributed by atoms with Crippen molar-refractivity contribution in [3.8, 4) is 5.75 Å². The largest absolute Gasteiger partial charge is 0.508 e. The molecule has 1 aliphatic rings. The molecule has 0 bridgehead atoms. The summed E-state index contributed by atoms with van der Waals surface area (Å²) in [6.45, 7) is 4.36. The van der Waals surface area contributed by atoms with Gasteiger partial charge in [0.05, 0.1) is 6.54 Å². The van der Waals surface area contributed by atoms with E-state index in [0.717, 1.165) is 12.0 Å². The minimum atomic E-state index is -0.441. The van der Waals surface area contributed by atoms with Crippen molar-refractivity contribution in [2.75, 3.05) is 6.54 Å². The zero-order valence-electron chi connectivity index (χ0n) is 11.8. The summed E-state index contributed by atoms with van der Waals surface area (Å²) in [6, 6.07) is 6.34. The van der Waals surface area contributed by atoms with Crippen molar-refractivity contribution in [1.82, 2.24) is 10.2 Å². The predicted octanol–water partition coefficient (Wildman–Crippen LogP) is 1.27. The van der Waals surface area contributed by atoms with Crippen LogP contribution in [0.15, 0.2) is 24.3 Å². The van der Waals surface area contributed by atoms with Gasteiger partial charge in [-0.3, -0.25) is 9.59 Å². The maximum atomic E-state index is 12.1. The molecule has 2 unspecified atom stereocenters. The van der Waals surface area contributed by atoms with E-state index in [4.69, 9.17) is 0 Å². The van der Waals surface area contributed by atoms with Gasteiger partial charge in [0, 0.05) is 6.54 Å². The van der Waals surface area contributed by atoms with Crippen molar-refractivity contribution in [1.29, 1.82) is 0 Å². The standard InChI is InChI=1S/C15H20N2O3/c1-3-10(2)14-15(20)16-8-13(19)17(14)9-11-5-4-6-12(18)7-11/h4-7,10,14,18H,3,8-9H2,1-2H3,(H,16,20). The molecule has 2 rings (SSSR count). The molecule has 0 saturated carbocycles. The second kappa shape index (κ2) is 5.94. The number of carbonyl (C=O) groups is 2. The number of piperazine rings is 1. The average molecular weight is 276 g/mol.